The summed E-state index contributed by atoms with van der Waals surface area (Å²) in [6.07, 6.45) is 6.75. The number of unbranched alkanes of at least 4 members (excludes halogenated alkanes) is 2. The van der Waals surface area contributed by atoms with Gasteiger partial charge in [-0.1, -0.05) is 19.1 Å². The van der Waals surface area contributed by atoms with E-state index >= 15 is 0 Å². The summed E-state index contributed by atoms with van der Waals surface area (Å²) in [5.41, 5.74) is 8.63. The van der Waals surface area contributed by atoms with Crippen molar-refractivity contribution in [3.8, 4) is 6.07 Å². The summed E-state index contributed by atoms with van der Waals surface area (Å²) in [5.74, 6) is 0. The molecular weight excluding hydrogens is 246 g/mol. The smallest absolute Gasteiger partial charge is 0.0621 e. The van der Waals surface area contributed by atoms with Crippen molar-refractivity contribution in [2.75, 3.05) is 0 Å². The van der Waals surface area contributed by atoms with Gasteiger partial charge in [-0.25, -0.2) is 0 Å². The van der Waals surface area contributed by atoms with Crippen LogP contribution in [0.25, 0.3) is 10.9 Å². The van der Waals surface area contributed by atoms with Gasteiger partial charge < -0.3 is 10.3 Å². The lowest BCUT2D eigenvalue weighted by Crippen LogP contribution is -2.21. The van der Waals surface area contributed by atoms with Gasteiger partial charge in [0.2, 0.25) is 0 Å². The molecule has 0 aliphatic heterocycles. The summed E-state index contributed by atoms with van der Waals surface area (Å²) in [7, 11) is 0. The fourth-order valence-electron chi connectivity index (χ4n) is 2.48. The molecule has 2 N–H and O–H groups in total. The third-order valence-corrected chi connectivity index (χ3v) is 3.80. The molecule has 3 heteroatoms. The van der Waals surface area contributed by atoms with Crippen molar-refractivity contribution in [2.24, 2.45) is 5.73 Å². The molecule has 2 aromatic rings. The highest BCUT2D eigenvalue weighted by atomic mass is 14.9. The zero-order valence-electron chi connectivity index (χ0n) is 12.2. The van der Waals surface area contributed by atoms with Gasteiger partial charge in [0.25, 0.3) is 0 Å². The van der Waals surface area contributed by atoms with Crippen LogP contribution in [0, 0.1) is 11.3 Å². The lowest BCUT2D eigenvalue weighted by atomic mass is 10.0. The van der Waals surface area contributed by atoms with Crippen LogP contribution in [-0.4, -0.2) is 10.6 Å². The molecule has 0 aliphatic carbocycles. The monoisotopic (exact) mass is 269 g/mol. The predicted octanol–water partition coefficient (Wildman–Crippen LogP) is 3.61. The molecule has 0 aliphatic rings. The van der Waals surface area contributed by atoms with E-state index in [-0.39, 0.29) is 6.04 Å². The van der Waals surface area contributed by atoms with Crippen LogP contribution >= 0.6 is 0 Å². The largest absolute Gasteiger partial charge is 0.347 e. The number of nitrogens with zero attached hydrogens (tertiary/aromatic N) is 2. The first kappa shape index (κ1) is 14.6. The van der Waals surface area contributed by atoms with Crippen molar-refractivity contribution < 1.29 is 0 Å². The number of fused-ring (bicyclic) bond motifs is 1. The van der Waals surface area contributed by atoms with Crippen molar-refractivity contribution in [1.82, 2.24) is 4.57 Å². The predicted molar refractivity (Wildman–Crippen MR) is 83.4 cm³/mol. The third kappa shape index (κ3) is 3.61. The number of aryl methyl sites for hydroxylation is 1. The Balaban J connectivity index is 2.11. The zero-order chi connectivity index (χ0) is 14.4. The normalized spacial score (nSPS) is 12.4. The van der Waals surface area contributed by atoms with Crippen LogP contribution in [0.4, 0.5) is 0 Å². The highest BCUT2D eigenvalue weighted by Crippen LogP contribution is 2.19. The second kappa shape index (κ2) is 7.12. The number of aromatic nitrogens is 1. The quantitative estimate of drug-likeness (QED) is 0.781. The lowest BCUT2D eigenvalue weighted by Gasteiger charge is -2.10. The summed E-state index contributed by atoms with van der Waals surface area (Å²) < 4.78 is 2.29. The third-order valence-electron chi connectivity index (χ3n) is 3.80. The number of nitrogens with two attached hydrogens (primary N) is 1. The maximum atomic E-state index is 8.57. The fraction of sp³-hybridized carbons (Fsp3) is 0.471. The van der Waals surface area contributed by atoms with Gasteiger partial charge in [0, 0.05) is 30.7 Å². The Morgan fingerprint density at radius 2 is 2.15 bits per heavy atom. The van der Waals surface area contributed by atoms with Crippen LogP contribution in [0.1, 0.15) is 38.2 Å². The molecule has 1 unspecified atom stereocenters. The highest BCUT2D eigenvalue weighted by Gasteiger charge is 2.05. The van der Waals surface area contributed by atoms with E-state index in [1.165, 1.54) is 16.5 Å². The minimum Gasteiger partial charge on any atom is -0.347 e. The molecule has 1 aromatic carbocycles. The van der Waals surface area contributed by atoms with Crippen molar-refractivity contribution in [2.45, 2.75) is 51.6 Å². The van der Waals surface area contributed by atoms with Crippen LogP contribution in [0.5, 0.6) is 0 Å². The van der Waals surface area contributed by atoms with Crippen molar-refractivity contribution in [3.05, 3.63) is 36.0 Å². The van der Waals surface area contributed by atoms with Crippen LogP contribution < -0.4 is 5.73 Å². The number of rotatable bonds is 7. The van der Waals surface area contributed by atoms with E-state index in [2.05, 4.69) is 48.0 Å². The summed E-state index contributed by atoms with van der Waals surface area (Å²) in [5, 5.41) is 9.85. The average Bonchev–Trinajstić information content (AvgIpc) is 2.86. The number of nitriles is 1. The molecule has 0 saturated heterocycles. The topological polar surface area (TPSA) is 54.7 Å². The molecule has 106 valence electrons. The van der Waals surface area contributed by atoms with Gasteiger partial charge in [0.05, 0.1) is 6.07 Å². The molecule has 20 heavy (non-hydrogen) atoms. The molecule has 0 spiro atoms. The first-order chi connectivity index (χ1) is 9.74. The standard InChI is InChI=1S/C17H23N3/c1-2-16(19)12-14-6-7-15-8-11-20(17(15)13-14)10-5-3-4-9-18/h6-8,11,13,16H,2-5,10,12,19H2,1H3. The summed E-state index contributed by atoms with van der Waals surface area (Å²) in [6, 6.07) is 11.2. The van der Waals surface area contributed by atoms with Crippen molar-refractivity contribution >= 4 is 10.9 Å². The maximum Gasteiger partial charge on any atom is 0.0621 e. The van der Waals surface area contributed by atoms with E-state index < -0.39 is 0 Å². The molecule has 0 bridgehead atoms. The first-order valence-corrected chi connectivity index (χ1v) is 7.45. The number of hydrogen-bond donors (Lipinski definition) is 1. The van der Waals surface area contributed by atoms with Gasteiger partial charge in [-0.05, 0) is 48.8 Å². The Bertz CT molecular complexity index is 592. The minimum atomic E-state index is 0.242. The molecular formula is C17H23N3. The molecule has 0 amide bonds. The van der Waals surface area contributed by atoms with Gasteiger partial charge in [0.15, 0.2) is 0 Å². The van der Waals surface area contributed by atoms with Crippen LogP contribution in [0.15, 0.2) is 30.5 Å². The Kier molecular flexibility index (Phi) is 5.20. The van der Waals surface area contributed by atoms with Gasteiger partial charge in [-0.3, -0.25) is 0 Å². The van der Waals surface area contributed by atoms with E-state index in [4.69, 9.17) is 11.0 Å². The molecule has 0 saturated carbocycles. The first-order valence-electron chi connectivity index (χ1n) is 7.45. The molecule has 0 radical (unpaired) electrons. The van der Waals surface area contributed by atoms with E-state index in [9.17, 15) is 0 Å². The van der Waals surface area contributed by atoms with Crippen LogP contribution in [0.3, 0.4) is 0 Å². The van der Waals surface area contributed by atoms with E-state index in [1.807, 2.05) is 0 Å². The van der Waals surface area contributed by atoms with E-state index in [1.54, 1.807) is 0 Å². The number of benzene rings is 1. The van der Waals surface area contributed by atoms with Crippen molar-refractivity contribution in [3.63, 3.8) is 0 Å². The van der Waals surface area contributed by atoms with Crippen molar-refractivity contribution in [1.29, 1.82) is 5.26 Å². The minimum absolute atomic E-state index is 0.242. The Labute approximate surface area is 121 Å². The van der Waals surface area contributed by atoms with Crippen LogP contribution in [-0.2, 0) is 13.0 Å². The number of hydrogen-bond acceptors (Lipinski definition) is 2. The van der Waals surface area contributed by atoms with Gasteiger partial charge in [0.1, 0.15) is 0 Å². The fourth-order valence-corrected chi connectivity index (χ4v) is 2.48. The average molecular weight is 269 g/mol. The molecule has 2 rings (SSSR count). The highest BCUT2D eigenvalue weighted by molar-refractivity contribution is 5.80. The molecule has 1 aromatic heterocycles. The molecule has 3 nitrogen and oxygen atoms in total. The molecule has 0 fully saturated rings. The maximum absolute atomic E-state index is 8.57. The SMILES string of the molecule is CCC(N)Cc1ccc2ccn(CCCCC#N)c2c1. The van der Waals surface area contributed by atoms with Gasteiger partial charge in [-0.15, -0.1) is 0 Å². The van der Waals surface area contributed by atoms with Gasteiger partial charge in [-0.2, -0.15) is 5.26 Å². The second-order valence-corrected chi connectivity index (χ2v) is 5.39. The molecule has 1 heterocycles. The molecule has 1 atom stereocenters. The zero-order valence-corrected chi connectivity index (χ0v) is 12.2. The van der Waals surface area contributed by atoms with E-state index in [0.717, 1.165) is 32.2 Å². The Morgan fingerprint density at radius 3 is 2.90 bits per heavy atom. The van der Waals surface area contributed by atoms with Gasteiger partial charge >= 0.3 is 0 Å². The Morgan fingerprint density at radius 1 is 1.30 bits per heavy atom. The van der Waals surface area contributed by atoms with E-state index in [0.29, 0.717) is 6.42 Å². The lowest BCUT2D eigenvalue weighted by molar-refractivity contribution is 0.630. The van der Waals surface area contributed by atoms with Crippen LogP contribution in [0.2, 0.25) is 0 Å². The summed E-state index contributed by atoms with van der Waals surface area (Å²) in [6.45, 7) is 3.11. The summed E-state index contributed by atoms with van der Waals surface area (Å²) >= 11 is 0. The Hall–Kier alpha value is -1.79. The second-order valence-electron chi connectivity index (χ2n) is 5.39. The summed E-state index contributed by atoms with van der Waals surface area (Å²) in [4.78, 5) is 0.